The number of morpholine rings is 1. The van der Waals surface area contributed by atoms with Crippen LogP contribution in [0.5, 0.6) is 0 Å². The van der Waals surface area contributed by atoms with Crippen LogP contribution >= 0.6 is 23.1 Å². The van der Waals surface area contributed by atoms with E-state index in [1.54, 1.807) is 23.6 Å². The molecule has 0 aliphatic carbocycles. The smallest absolute Gasteiger partial charge is 0.209 e. The van der Waals surface area contributed by atoms with Crippen LogP contribution in [0.15, 0.2) is 27.7 Å². The summed E-state index contributed by atoms with van der Waals surface area (Å²) in [4.78, 5) is 6.39. The number of hydrogen-bond acceptors (Lipinski definition) is 8. The van der Waals surface area contributed by atoms with Gasteiger partial charge in [0.25, 0.3) is 0 Å². The standard InChI is InChI=1S/C12H11N5OS2/c13-7-9-1-2-10(14-8-9)19-12-16-15-11(20-12)17-3-5-18-6-4-17/h1-2,8H,3-6H2. The van der Waals surface area contributed by atoms with Gasteiger partial charge in [-0.3, -0.25) is 0 Å². The summed E-state index contributed by atoms with van der Waals surface area (Å²) in [6, 6.07) is 5.62. The van der Waals surface area contributed by atoms with Gasteiger partial charge in [0, 0.05) is 19.3 Å². The molecular formula is C12H11N5OS2. The fraction of sp³-hybridized carbons (Fsp3) is 0.333. The van der Waals surface area contributed by atoms with Crippen molar-refractivity contribution in [2.24, 2.45) is 0 Å². The molecule has 1 aliphatic heterocycles. The van der Waals surface area contributed by atoms with Gasteiger partial charge in [-0.25, -0.2) is 4.98 Å². The van der Waals surface area contributed by atoms with Crippen LogP contribution in [0.3, 0.4) is 0 Å². The van der Waals surface area contributed by atoms with Crippen LogP contribution in [0, 0.1) is 11.3 Å². The number of pyridine rings is 1. The van der Waals surface area contributed by atoms with Crippen molar-refractivity contribution in [3.63, 3.8) is 0 Å². The molecule has 0 radical (unpaired) electrons. The fourth-order valence-electron chi connectivity index (χ4n) is 1.72. The Kier molecular flexibility index (Phi) is 4.11. The predicted molar refractivity (Wildman–Crippen MR) is 76.0 cm³/mol. The zero-order valence-electron chi connectivity index (χ0n) is 10.5. The van der Waals surface area contributed by atoms with Crippen LogP contribution in [-0.2, 0) is 4.74 Å². The highest BCUT2D eigenvalue weighted by atomic mass is 32.2. The Bertz CT molecular complexity index is 616. The first-order valence-corrected chi connectivity index (χ1v) is 7.68. The van der Waals surface area contributed by atoms with Gasteiger partial charge in [0.15, 0.2) is 4.34 Å². The van der Waals surface area contributed by atoms with E-state index < -0.39 is 0 Å². The molecule has 8 heteroatoms. The third-order valence-electron chi connectivity index (χ3n) is 2.73. The maximum absolute atomic E-state index is 8.73. The Morgan fingerprint density at radius 2 is 2.15 bits per heavy atom. The second-order valence-electron chi connectivity index (χ2n) is 4.05. The number of hydrogen-bond donors (Lipinski definition) is 0. The van der Waals surface area contributed by atoms with E-state index in [9.17, 15) is 0 Å². The van der Waals surface area contributed by atoms with Gasteiger partial charge in [-0.2, -0.15) is 5.26 Å². The number of anilines is 1. The van der Waals surface area contributed by atoms with E-state index in [2.05, 4.69) is 20.1 Å². The van der Waals surface area contributed by atoms with Crippen molar-refractivity contribution in [1.82, 2.24) is 15.2 Å². The van der Waals surface area contributed by atoms with E-state index in [1.165, 1.54) is 11.8 Å². The number of ether oxygens (including phenoxy) is 1. The average molecular weight is 305 g/mol. The molecule has 0 amide bonds. The molecule has 1 saturated heterocycles. The maximum atomic E-state index is 8.73. The summed E-state index contributed by atoms with van der Waals surface area (Å²) >= 11 is 3.01. The Morgan fingerprint density at radius 1 is 1.30 bits per heavy atom. The zero-order chi connectivity index (χ0) is 13.8. The van der Waals surface area contributed by atoms with Gasteiger partial charge in [0.1, 0.15) is 11.1 Å². The predicted octanol–water partition coefficient (Wildman–Crippen LogP) is 1.79. The zero-order valence-corrected chi connectivity index (χ0v) is 12.2. The first kappa shape index (κ1) is 13.3. The van der Waals surface area contributed by atoms with E-state index in [-0.39, 0.29) is 0 Å². The van der Waals surface area contributed by atoms with E-state index in [0.29, 0.717) is 5.56 Å². The van der Waals surface area contributed by atoms with Gasteiger partial charge in [-0.1, -0.05) is 11.3 Å². The van der Waals surface area contributed by atoms with Crippen molar-refractivity contribution in [2.75, 3.05) is 31.2 Å². The average Bonchev–Trinajstić information content (AvgIpc) is 2.97. The first-order chi connectivity index (χ1) is 9.85. The molecule has 3 rings (SSSR count). The molecule has 2 aromatic rings. The van der Waals surface area contributed by atoms with Crippen LogP contribution in [-0.4, -0.2) is 41.5 Å². The van der Waals surface area contributed by atoms with Crippen LogP contribution in [0.4, 0.5) is 5.13 Å². The number of rotatable bonds is 3. The molecule has 20 heavy (non-hydrogen) atoms. The van der Waals surface area contributed by atoms with Crippen molar-refractivity contribution in [1.29, 1.82) is 5.26 Å². The highest BCUT2D eigenvalue weighted by Gasteiger charge is 2.16. The number of nitrogens with zero attached hydrogens (tertiary/aromatic N) is 5. The SMILES string of the molecule is N#Cc1ccc(Sc2nnc(N3CCOCC3)s2)nc1. The number of aromatic nitrogens is 3. The summed E-state index contributed by atoms with van der Waals surface area (Å²) in [6.45, 7) is 3.18. The van der Waals surface area contributed by atoms with Crippen LogP contribution < -0.4 is 4.90 Å². The largest absolute Gasteiger partial charge is 0.378 e. The fourth-order valence-corrected chi connectivity index (χ4v) is 3.50. The molecule has 0 spiro atoms. The lowest BCUT2D eigenvalue weighted by Gasteiger charge is -2.25. The highest BCUT2D eigenvalue weighted by molar-refractivity contribution is 8.01. The molecule has 0 unspecified atom stereocenters. The third-order valence-corrected chi connectivity index (χ3v) is 4.72. The molecule has 1 aliphatic rings. The minimum Gasteiger partial charge on any atom is -0.378 e. The molecule has 1 fully saturated rings. The Morgan fingerprint density at radius 3 is 2.85 bits per heavy atom. The van der Waals surface area contributed by atoms with E-state index >= 15 is 0 Å². The van der Waals surface area contributed by atoms with Crippen LogP contribution in [0.25, 0.3) is 0 Å². The highest BCUT2D eigenvalue weighted by Crippen LogP contribution is 2.32. The quantitative estimate of drug-likeness (QED) is 0.855. The topological polar surface area (TPSA) is 74.9 Å². The summed E-state index contributed by atoms with van der Waals surface area (Å²) in [7, 11) is 0. The molecule has 0 aromatic carbocycles. The minimum absolute atomic E-state index is 0.556. The van der Waals surface area contributed by atoms with Crippen LogP contribution in [0.1, 0.15) is 5.56 Å². The lowest BCUT2D eigenvalue weighted by atomic mass is 10.3. The van der Waals surface area contributed by atoms with Gasteiger partial charge in [0.2, 0.25) is 5.13 Å². The van der Waals surface area contributed by atoms with E-state index in [1.807, 2.05) is 12.1 Å². The van der Waals surface area contributed by atoms with E-state index in [4.69, 9.17) is 10.00 Å². The lowest BCUT2D eigenvalue weighted by Crippen LogP contribution is -2.36. The summed E-state index contributed by atoms with van der Waals surface area (Å²) in [5.74, 6) is 0. The van der Waals surface area contributed by atoms with Crippen molar-refractivity contribution in [2.45, 2.75) is 9.37 Å². The van der Waals surface area contributed by atoms with Crippen molar-refractivity contribution in [3.05, 3.63) is 23.9 Å². The Balaban J connectivity index is 1.68. The molecule has 0 N–H and O–H groups in total. The molecule has 6 nitrogen and oxygen atoms in total. The maximum Gasteiger partial charge on any atom is 0.209 e. The normalized spacial score (nSPS) is 15.1. The molecule has 0 atom stereocenters. The molecule has 2 aromatic heterocycles. The lowest BCUT2D eigenvalue weighted by molar-refractivity contribution is 0.122. The molecule has 0 bridgehead atoms. The van der Waals surface area contributed by atoms with Crippen LogP contribution in [0.2, 0.25) is 0 Å². The Hall–Kier alpha value is -1.69. The van der Waals surface area contributed by atoms with Gasteiger partial charge < -0.3 is 9.64 Å². The summed E-state index contributed by atoms with van der Waals surface area (Å²) in [6.07, 6.45) is 1.56. The van der Waals surface area contributed by atoms with E-state index in [0.717, 1.165) is 40.8 Å². The van der Waals surface area contributed by atoms with Gasteiger partial charge >= 0.3 is 0 Å². The first-order valence-electron chi connectivity index (χ1n) is 6.05. The summed E-state index contributed by atoms with van der Waals surface area (Å²) in [5.41, 5.74) is 0.556. The second-order valence-corrected chi connectivity index (χ2v) is 6.27. The summed E-state index contributed by atoms with van der Waals surface area (Å²) < 4.78 is 6.17. The molecule has 102 valence electrons. The Labute approximate surface area is 124 Å². The molecule has 0 saturated carbocycles. The second kappa shape index (κ2) is 6.17. The molecule has 3 heterocycles. The summed E-state index contributed by atoms with van der Waals surface area (Å²) in [5, 5.41) is 18.8. The van der Waals surface area contributed by atoms with Gasteiger partial charge in [-0.05, 0) is 23.9 Å². The molecular weight excluding hydrogens is 294 g/mol. The van der Waals surface area contributed by atoms with Crippen molar-refractivity contribution >= 4 is 28.2 Å². The van der Waals surface area contributed by atoms with Gasteiger partial charge in [-0.15, -0.1) is 10.2 Å². The monoisotopic (exact) mass is 305 g/mol. The van der Waals surface area contributed by atoms with Crippen molar-refractivity contribution in [3.8, 4) is 6.07 Å². The van der Waals surface area contributed by atoms with Gasteiger partial charge in [0.05, 0.1) is 18.8 Å². The third kappa shape index (κ3) is 3.07. The number of nitriles is 1. The van der Waals surface area contributed by atoms with Crippen molar-refractivity contribution < 1.29 is 4.74 Å². The minimum atomic E-state index is 0.556.